The van der Waals surface area contributed by atoms with Crippen LogP contribution in [-0.2, 0) is 4.79 Å². The molecule has 0 aliphatic carbocycles. The molecule has 6 heteroatoms. The van der Waals surface area contributed by atoms with E-state index in [9.17, 15) is 9.59 Å². The number of hydrazone groups is 1. The number of amides is 2. The highest BCUT2D eigenvalue weighted by Crippen LogP contribution is 2.20. The number of hydrogen-bond donors (Lipinski definition) is 2. The molecule has 0 unspecified atom stereocenters. The number of hydrogen-bond acceptors (Lipinski definition) is 4. The predicted molar refractivity (Wildman–Crippen MR) is 169 cm³/mol. The number of benzene rings is 4. The molecule has 0 spiro atoms. The van der Waals surface area contributed by atoms with E-state index in [1.54, 1.807) is 30.3 Å². The van der Waals surface area contributed by atoms with Crippen LogP contribution in [-0.4, -0.2) is 30.6 Å². The molecule has 208 valence electrons. The molecule has 0 saturated carbocycles. The lowest BCUT2D eigenvalue weighted by molar-refractivity contribution is -0.117. The third-order valence-electron chi connectivity index (χ3n) is 6.81. The van der Waals surface area contributed by atoms with Crippen molar-refractivity contribution in [3.63, 3.8) is 0 Å². The molecule has 0 atom stereocenters. The molecule has 0 saturated heterocycles. The fourth-order valence-corrected chi connectivity index (χ4v) is 4.49. The molecule has 0 fully saturated rings. The summed E-state index contributed by atoms with van der Waals surface area (Å²) in [6.07, 6.45) is 2.28. The molecule has 0 aliphatic rings. The molecule has 4 aromatic rings. The highest BCUT2D eigenvalue weighted by Gasteiger charge is 2.15. The smallest absolute Gasteiger partial charge is 0.287 e. The van der Waals surface area contributed by atoms with Crippen molar-refractivity contribution in [1.82, 2.24) is 10.7 Å². The number of rotatable bonds is 11. The number of nitrogens with zero attached hydrogens (tertiary/aromatic N) is 2. The Morgan fingerprint density at radius 2 is 1.29 bits per heavy atom. The molecule has 0 aromatic heterocycles. The fourth-order valence-electron chi connectivity index (χ4n) is 4.49. The van der Waals surface area contributed by atoms with E-state index in [1.807, 2.05) is 79.7 Å². The van der Waals surface area contributed by atoms with Crippen LogP contribution in [0.15, 0.2) is 120 Å². The first-order valence-electron chi connectivity index (χ1n) is 14.0. The van der Waals surface area contributed by atoms with Crippen molar-refractivity contribution in [1.29, 1.82) is 0 Å². The summed E-state index contributed by atoms with van der Waals surface area (Å²) >= 11 is 0. The maximum atomic E-state index is 13.4. The highest BCUT2D eigenvalue weighted by molar-refractivity contribution is 6.06. The normalized spacial score (nSPS) is 11.6. The van der Waals surface area contributed by atoms with Gasteiger partial charge in [-0.05, 0) is 72.9 Å². The monoisotopic (exact) mass is 544 g/mol. The Kier molecular flexibility index (Phi) is 10.2. The van der Waals surface area contributed by atoms with E-state index < -0.39 is 5.91 Å². The molecule has 0 bridgehead atoms. The second-order valence-electron chi connectivity index (χ2n) is 9.44. The lowest BCUT2D eigenvalue weighted by Crippen LogP contribution is -2.33. The highest BCUT2D eigenvalue weighted by atomic mass is 16.2. The third-order valence-corrected chi connectivity index (χ3v) is 6.81. The van der Waals surface area contributed by atoms with Gasteiger partial charge in [0.15, 0.2) is 0 Å². The van der Waals surface area contributed by atoms with Gasteiger partial charge in [-0.15, -0.1) is 0 Å². The lowest BCUT2D eigenvalue weighted by atomic mass is 10.0. The van der Waals surface area contributed by atoms with Gasteiger partial charge in [0, 0.05) is 24.3 Å². The number of anilines is 1. The molecule has 0 radical (unpaired) electrons. The van der Waals surface area contributed by atoms with Crippen molar-refractivity contribution in [2.24, 2.45) is 5.10 Å². The Bertz CT molecular complexity index is 1490. The molecular weight excluding hydrogens is 508 g/mol. The largest absolute Gasteiger partial charge is 0.372 e. The minimum absolute atomic E-state index is 0.105. The van der Waals surface area contributed by atoms with Crippen LogP contribution in [0.5, 0.6) is 0 Å². The van der Waals surface area contributed by atoms with Crippen LogP contribution in [0.2, 0.25) is 0 Å². The number of carbonyl (C=O) groups excluding carboxylic acids is 2. The van der Waals surface area contributed by atoms with Gasteiger partial charge in [-0.1, -0.05) is 91.9 Å². The summed E-state index contributed by atoms with van der Waals surface area (Å²) in [6, 6.07) is 35.0. The Morgan fingerprint density at radius 3 is 1.88 bits per heavy atom. The van der Waals surface area contributed by atoms with E-state index in [1.165, 1.54) is 0 Å². The Hall–Kier alpha value is -4.97. The van der Waals surface area contributed by atoms with Crippen LogP contribution in [0.3, 0.4) is 0 Å². The van der Waals surface area contributed by atoms with Crippen molar-refractivity contribution in [3.05, 3.63) is 132 Å². The Labute approximate surface area is 242 Å². The van der Waals surface area contributed by atoms with Crippen LogP contribution in [0.1, 0.15) is 48.7 Å². The molecule has 6 nitrogen and oxygen atoms in total. The van der Waals surface area contributed by atoms with E-state index in [0.29, 0.717) is 12.0 Å². The first-order chi connectivity index (χ1) is 20.0. The van der Waals surface area contributed by atoms with E-state index in [2.05, 4.69) is 46.7 Å². The molecule has 0 heterocycles. The summed E-state index contributed by atoms with van der Waals surface area (Å²) < 4.78 is 0. The number of nitrogens with one attached hydrogen (secondary N) is 2. The quantitative estimate of drug-likeness (QED) is 0.123. The van der Waals surface area contributed by atoms with Gasteiger partial charge >= 0.3 is 0 Å². The van der Waals surface area contributed by atoms with Gasteiger partial charge in [0.2, 0.25) is 0 Å². The molecule has 0 aliphatic heterocycles. The van der Waals surface area contributed by atoms with Gasteiger partial charge < -0.3 is 10.2 Å². The summed E-state index contributed by atoms with van der Waals surface area (Å²) in [6.45, 7) is 8.02. The summed E-state index contributed by atoms with van der Waals surface area (Å²) in [4.78, 5) is 28.6. The zero-order valence-corrected chi connectivity index (χ0v) is 23.8. The summed E-state index contributed by atoms with van der Waals surface area (Å²) in [5.74, 6) is -0.878. The van der Waals surface area contributed by atoms with E-state index in [4.69, 9.17) is 0 Å². The van der Waals surface area contributed by atoms with Gasteiger partial charge in [0.05, 0.1) is 5.71 Å². The molecular formula is C35H36N4O2. The van der Waals surface area contributed by atoms with E-state index >= 15 is 0 Å². The van der Waals surface area contributed by atoms with Crippen molar-refractivity contribution in [3.8, 4) is 11.1 Å². The molecule has 4 rings (SSSR count). The molecule has 4 aromatic carbocycles. The maximum absolute atomic E-state index is 13.4. The van der Waals surface area contributed by atoms with Crippen LogP contribution in [0, 0.1) is 0 Å². The molecule has 2 amide bonds. The van der Waals surface area contributed by atoms with Crippen molar-refractivity contribution in [2.75, 3.05) is 18.0 Å². The molecule has 2 N–H and O–H groups in total. The van der Waals surface area contributed by atoms with E-state index in [-0.39, 0.29) is 11.6 Å². The summed E-state index contributed by atoms with van der Waals surface area (Å²) in [7, 11) is 0. The first-order valence-corrected chi connectivity index (χ1v) is 14.0. The van der Waals surface area contributed by atoms with Crippen LogP contribution >= 0.6 is 0 Å². The van der Waals surface area contributed by atoms with Crippen LogP contribution in [0.4, 0.5) is 5.69 Å². The van der Waals surface area contributed by atoms with Gasteiger partial charge in [-0.3, -0.25) is 9.59 Å². The number of carbonyl (C=O) groups is 2. The average molecular weight is 545 g/mol. The maximum Gasteiger partial charge on any atom is 0.287 e. The SMILES string of the molecule is CCC(=NNC(=O)C(=Cc1ccc(N(CC)CC)cc1)NC(=O)c1ccccc1)c1ccc(-c2ccccc2)cc1. The van der Waals surface area contributed by atoms with Gasteiger partial charge in [0.25, 0.3) is 11.8 Å². The fraction of sp³-hybridized carbons (Fsp3) is 0.171. The van der Waals surface area contributed by atoms with Crippen LogP contribution in [0.25, 0.3) is 17.2 Å². The van der Waals surface area contributed by atoms with Gasteiger partial charge in [-0.2, -0.15) is 5.10 Å². The first kappa shape index (κ1) is 29.0. The third kappa shape index (κ3) is 7.79. The topological polar surface area (TPSA) is 73.8 Å². The Morgan fingerprint density at radius 1 is 0.707 bits per heavy atom. The zero-order valence-electron chi connectivity index (χ0n) is 23.8. The standard InChI is InChI=1S/C35H36N4O2/c1-4-32(29-21-19-28(20-22-29)27-13-9-7-10-14-27)37-38-35(41)33(36-34(40)30-15-11-8-12-16-30)25-26-17-23-31(24-18-26)39(5-2)6-3/h7-25H,4-6H2,1-3H3,(H,36,40)(H,38,41). The zero-order chi connectivity index (χ0) is 29.0. The van der Waals surface area contributed by atoms with Crippen molar-refractivity contribution >= 4 is 29.3 Å². The van der Waals surface area contributed by atoms with Crippen LogP contribution < -0.4 is 15.6 Å². The Balaban J connectivity index is 1.57. The second-order valence-corrected chi connectivity index (χ2v) is 9.44. The average Bonchev–Trinajstić information content (AvgIpc) is 3.03. The van der Waals surface area contributed by atoms with Gasteiger partial charge in [-0.25, -0.2) is 5.43 Å². The van der Waals surface area contributed by atoms with E-state index in [0.717, 1.165) is 46.7 Å². The minimum atomic E-state index is -0.506. The van der Waals surface area contributed by atoms with Crippen molar-refractivity contribution < 1.29 is 9.59 Å². The minimum Gasteiger partial charge on any atom is -0.372 e. The molecule has 41 heavy (non-hydrogen) atoms. The second kappa shape index (κ2) is 14.4. The predicted octanol–water partition coefficient (Wildman–Crippen LogP) is 6.90. The van der Waals surface area contributed by atoms with Gasteiger partial charge in [0.1, 0.15) is 5.70 Å². The summed E-state index contributed by atoms with van der Waals surface area (Å²) in [5.41, 5.74) is 9.00. The van der Waals surface area contributed by atoms with Crippen molar-refractivity contribution in [2.45, 2.75) is 27.2 Å². The lowest BCUT2D eigenvalue weighted by Gasteiger charge is -2.21. The summed E-state index contributed by atoms with van der Waals surface area (Å²) in [5, 5.41) is 7.21.